The van der Waals surface area contributed by atoms with E-state index in [0.29, 0.717) is 19.3 Å². The van der Waals surface area contributed by atoms with E-state index in [1.165, 1.54) is 83.5 Å². The van der Waals surface area contributed by atoms with Gasteiger partial charge in [-0.1, -0.05) is 196 Å². The van der Waals surface area contributed by atoms with Crippen LogP contribution in [0, 0.1) is 0 Å². The minimum absolute atomic E-state index is 0.108. The van der Waals surface area contributed by atoms with Crippen molar-refractivity contribution in [2.24, 2.45) is 0 Å². The smallest absolute Gasteiger partial charge is 0.306 e. The first kappa shape index (κ1) is 57.6. The molecule has 0 saturated carbocycles. The highest BCUT2D eigenvalue weighted by Crippen LogP contribution is 2.13. The molecule has 1 atom stereocenters. The standard InChI is InChI=1S/C55H92O6/c1-4-7-10-13-16-19-22-24-26-28-30-33-36-39-42-45-48-54(57)60-51-52(50-59-53(56)47-44-41-38-35-32-21-18-15-12-9-6-3)61-55(58)49-46-43-40-37-34-31-29-27-25-23-20-17-14-11-8-5-2/h7,10,15-16,18-19,24,26-27,29-30,33,39,42,52H,4-6,8-9,11-14,17,20-23,25,28,31-32,34-38,40-41,43-51H2,1-3H3/b10-7-,18-15-,19-16-,26-24-,29-27-,33-30-,42-39-. The van der Waals surface area contributed by atoms with Gasteiger partial charge in [-0.25, -0.2) is 0 Å². The molecule has 1 unspecified atom stereocenters. The van der Waals surface area contributed by atoms with Crippen molar-refractivity contribution in [2.75, 3.05) is 13.2 Å². The molecule has 6 nitrogen and oxygen atoms in total. The molecule has 0 aromatic carbocycles. The van der Waals surface area contributed by atoms with Gasteiger partial charge < -0.3 is 14.2 Å². The molecule has 0 spiro atoms. The number of esters is 3. The Morgan fingerprint density at radius 2 is 0.689 bits per heavy atom. The summed E-state index contributed by atoms with van der Waals surface area (Å²) in [6.45, 7) is 6.39. The highest BCUT2D eigenvalue weighted by molar-refractivity contribution is 5.71. The van der Waals surface area contributed by atoms with Crippen LogP contribution in [0.3, 0.4) is 0 Å². The van der Waals surface area contributed by atoms with Crippen molar-refractivity contribution in [2.45, 2.75) is 232 Å². The summed E-state index contributed by atoms with van der Waals surface area (Å²) >= 11 is 0. The van der Waals surface area contributed by atoms with Crippen LogP contribution in [0.2, 0.25) is 0 Å². The highest BCUT2D eigenvalue weighted by Gasteiger charge is 2.19. The fraction of sp³-hybridized carbons (Fsp3) is 0.691. The Labute approximate surface area is 375 Å². The lowest BCUT2D eigenvalue weighted by Crippen LogP contribution is -2.30. The van der Waals surface area contributed by atoms with Gasteiger partial charge in [-0.2, -0.15) is 0 Å². The zero-order valence-corrected chi connectivity index (χ0v) is 39.7. The van der Waals surface area contributed by atoms with Gasteiger partial charge in [0.25, 0.3) is 0 Å². The summed E-state index contributed by atoms with van der Waals surface area (Å²) in [5.74, 6) is -1.01. The molecular formula is C55H92O6. The number of rotatable bonds is 44. The molecule has 0 rings (SSSR count). The lowest BCUT2D eigenvalue weighted by atomic mass is 10.1. The van der Waals surface area contributed by atoms with Crippen LogP contribution < -0.4 is 0 Å². The fourth-order valence-electron chi connectivity index (χ4n) is 6.58. The van der Waals surface area contributed by atoms with Crippen LogP contribution in [0.5, 0.6) is 0 Å². The van der Waals surface area contributed by atoms with Gasteiger partial charge in [-0.05, 0) is 96.3 Å². The number of hydrogen-bond donors (Lipinski definition) is 0. The second-order valence-electron chi connectivity index (χ2n) is 16.3. The summed E-state index contributed by atoms with van der Waals surface area (Å²) in [6, 6.07) is 0. The molecule has 0 saturated heterocycles. The van der Waals surface area contributed by atoms with E-state index in [2.05, 4.69) is 93.7 Å². The Hall–Kier alpha value is -3.41. The van der Waals surface area contributed by atoms with Crippen LogP contribution in [0.25, 0.3) is 0 Å². The number of hydrogen-bond acceptors (Lipinski definition) is 6. The molecule has 0 radical (unpaired) electrons. The Bertz CT molecular complexity index is 1200. The predicted octanol–water partition coefficient (Wildman–Crippen LogP) is 16.4. The Morgan fingerprint density at radius 3 is 1.15 bits per heavy atom. The molecule has 6 heteroatoms. The molecular weight excluding hydrogens is 757 g/mol. The number of allylic oxidation sites excluding steroid dienone is 14. The van der Waals surface area contributed by atoms with Crippen molar-refractivity contribution >= 4 is 17.9 Å². The van der Waals surface area contributed by atoms with Gasteiger partial charge in [0.15, 0.2) is 6.10 Å². The van der Waals surface area contributed by atoms with E-state index in [1.54, 1.807) is 0 Å². The number of carbonyl (C=O) groups excluding carboxylic acids is 3. The van der Waals surface area contributed by atoms with Crippen molar-refractivity contribution in [3.63, 3.8) is 0 Å². The van der Waals surface area contributed by atoms with Crippen LogP contribution in [-0.4, -0.2) is 37.2 Å². The molecule has 0 amide bonds. The Morgan fingerprint density at radius 1 is 0.344 bits per heavy atom. The first-order chi connectivity index (χ1) is 30.0. The lowest BCUT2D eigenvalue weighted by molar-refractivity contribution is -0.166. The first-order valence-electron chi connectivity index (χ1n) is 25.1. The normalized spacial score (nSPS) is 12.8. The molecule has 348 valence electrons. The van der Waals surface area contributed by atoms with Crippen molar-refractivity contribution in [3.05, 3.63) is 85.1 Å². The largest absolute Gasteiger partial charge is 0.462 e. The summed E-state index contributed by atoms with van der Waals surface area (Å²) in [5.41, 5.74) is 0. The zero-order chi connectivity index (χ0) is 44.4. The van der Waals surface area contributed by atoms with Crippen LogP contribution in [0.15, 0.2) is 85.1 Å². The fourth-order valence-corrected chi connectivity index (χ4v) is 6.58. The molecule has 0 aromatic heterocycles. The SMILES string of the molecule is CC/C=C\C/C=C\C/C=C\C/C=C\C/C=C\CCC(=O)OCC(COC(=O)CCCCCCC/C=C\CCCC)OC(=O)CCCCCCC/C=C\CCCCCCCCC. The van der Waals surface area contributed by atoms with E-state index in [4.69, 9.17) is 14.2 Å². The molecule has 0 aliphatic rings. The van der Waals surface area contributed by atoms with Crippen LogP contribution >= 0.6 is 0 Å². The predicted molar refractivity (Wildman–Crippen MR) is 261 cm³/mol. The Kier molecular flexibility index (Phi) is 46.5. The molecule has 0 N–H and O–H groups in total. The monoisotopic (exact) mass is 849 g/mol. The average Bonchev–Trinajstić information content (AvgIpc) is 3.26. The Balaban J connectivity index is 4.50. The third-order valence-electron chi connectivity index (χ3n) is 10.4. The molecule has 0 aromatic rings. The summed E-state index contributed by atoms with van der Waals surface area (Å²) < 4.78 is 16.7. The van der Waals surface area contributed by atoms with E-state index in [1.807, 2.05) is 12.2 Å². The van der Waals surface area contributed by atoms with Crippen LogP contribution in [0.4, 0.5) is 0 Å². The van der Waals surface area contributed by atoms with E-state index in [0.717, 1.165) is 96.3 Å². The van der Waals surface area contributed by atoms with E-state index in [-0.39, 0.29) is 37.5 Å². The van der Waals surface area contributed by atoms with E-state index < -0.39 is 6.10 Å². The maximum absolute atomic E-state index is 12.8. The summed E-state index contributed by atoms with van der Waals surface area (Å²) in [6.07, 6.45) is 62.9. The number of unbranched alkanes of at least 4 members (excludes halogenated alkanes) is 19. The second kappa shape index (κ2) is 49.2. The van der Waals surface area contributed by atoms with Crippen molar-refractivity contribution < 1.29 is 28.6 Å². The molecule has 0 fully saturated rings. The summed E-state index contributed by atoms with van der Waals surface area (Å²) in [5, 5.41) is 0. The second-order valence-corrected chi connectivity index (χ2v) is 16.3. The van der Waals surface area contributed by atoms with Gasteiger partial charge in [0, 0.05) is 19.3 Å². The van der Waals surface area contributed by atoms with Gasteiger partial charge >= 0.3 is 17.9 Å². The third-order valence-corrected chi connectivity index (χ3v) is 10.4. The minimum Gasteiger partial charge on any atom is -0.462 e. The minimum atomic E-state index is -0.813. The maximum Gasteiger partial charge on any atom is 0.306 e. The van der Waals surface area contributed by atoms with Gasteiger partial charge in [-0.15, -0.1) is 0 Å². The highest BCUT2D eigenvalue weighted by atomic mass is 16.6. The lowest BCUT2D eigenvalue weighted by Gasteiger charge is -2.18. The maximum atomic E-state index is 12.8. The van der Waals surface area contributed by atoms with Crippen molar-refractivity contribution in [3.8, 4) is 0 Å². The quantitative estimate of drug-likeness (QED) is 0.0263. The van der Waals surface area contributed by atoms with Crippen LogP contribution in [-0.2, 0) is 28.6 Å². The number of ether oxygens (including phenoxy) is 3. The summed E-state index contributed by atoms with van der Waals surface area (Å²) in [4.78, 5) is 37.9. The number of carbonyl (C=O) groups is 3. The third kappa shape index (κ3) is 47.5. The van der Waals surface area contributed by atoms with Crippen molar-refractivity contribution in [1.82, 2.24) is 0 Å². The van der Waals surface area contributed by atoms with E-state index in [9.17, 15) is 14.4 Å². The van der Waals surface area contributed by atoms with Gasteiger partial charge in [0.2, 0.25) is 0 Å². The molecule has 0 aliphatic carbocycles. The topological polar surface area (TPSA) is 78.9 Å². The van der Waals surface area contributed by atoms with Gasteiger partial charge in [0.1, 0.15) is 13.2 Å². The molecule has 0 heterocycles. The molecule has 0 aliphatic heterocycles. The first-order valence-corrected chi connectivity index (χ1v) is 25.1. The van der Waals surface area contributed by atoms with Gasteiger partial charge in [-0.3, -0.25) is 14.4 Å². The zero-order valence-electron chi connectivity index (χ0n) is 39.7. The average molecular weight is 849 g/mol. The van der Waals surface area contributed by atoms with Crippen molar-refractivity contribution in [1.29, 1.82) is 0 Å². The van der Waals surface area contributed by atoms with Gasteiger partial charge in [0.05, 0.1) is 0 Å². The summed E-state index contributed by atoms with van der Waals surface area (Å²) in [7, 11) is 0. The van der Waals surface area contributed by atoms with Crippen LogP contribution in [0.1, 0.15) is 226 Å². The van der Waals surface area contributed by atoms with E-state index >= 15 is 0 Å². The molecule has 61 heavy (non-hydrogen) atoms. The molecule has 0 bridgehead atoms.